The summed E-state index contributed by atoms with van der Waals surface area (Å²) in [5.74, 6) is 0.677. The van der Waals surface area contributed by atoms with Gasteiger partial charge in [-0.1, -0.05) is 12.1 Å². The molecule has 0 amide bonds. The van der Waals surface area contributed by atoms with Gasteiger partial charge in [0.1, 0.15) is 5.75 Å². The molecular formula is C13H14N2O2. The van der Waals surface area contributed by atoms with E-state index in [4.69, 9.17) is 4.74 Å². The number of hydrogen-bond acceptors (Lipinski definition) is 3. The maximum atomic E-state index is 12.1. The Morgan fingerprint density at radius 3 is 2.71 bits per heavy atom. The van der Waals surface area contributed by atoms with Crippen LogP contribution in [0.1, 0.15) is 21.5 Å². The Hall–Kier alpha value is -2.10. The smallest absolute Gasteiger partial charge is 0.196 e. The molecule has 2 aromatic rings. The molecule has 0 N–H and O–H groups in total. The lowest BCUT2D eigenvalue weighted by Gasteiger charge is -2.06. The van der Waals surface area contributed by atoms with Crippen LogP contribution in [0, 0.1) is 6.92 Å². The Bertz CT molecular complexity index is 558. The van der Waals surface area contributed by atoms with Crippen molar-refractivity contribution in [3.8, 4) is 5.75 Å². The van der Waals surface area contributed by atoms with Crippen LogP contribution in [0.2, 0.25) is 0 Å². The third-order valence-electron chi connectivity index (χ3n) is 2.64. The number of benzene rings is 1. The van der Waals surface area contributed by atoms with E-state index in [0.717, 1.165) is 11.3 Å². The van der Waals surface area contributed by atoms with Crippen LogP contribution < -0.4 is 4.74 Å². The quantitative estimate of drug-likeness (QED) is 0.757. The van der Waals surface area contributed by atoms with Gasteiger partial charge in [-0.25, -0.2) is 0 Å². The summed E-state index contributed by atoms with van der Waals surface area (Å²) in [6.07, 6.45) is 3.27. The van der Waals surface area contributed by atoms with Gasteiger partial charge < -0.3 is 4.74 Å². The number of carbonyl (C=O) groups excluding carboxylic acids is 1. The SMILES string of the molecule is COc1cc(C(=O)c2cnn(C)c2)ccc1C. The minimum Gasteiger partial charge on any atom is -0.496 e. The van der Waals surface area contributed by atoms with Crippen LogP contribution in [0.3, 0.4) is 0 Å². The van der Waals surface area contributed by atoms with Crippen molar-refractivity contribution >= 4 is 5.78 Å². The summed E-state index contributed by atoms with van der Waals surface area (Å²) >= 11 is 0. The molecule has 2 rings (SSSR count). The Labute approximate surface area is 99.8 Å². The van der Waals surface area contributed by atoms with E-state index in [9.17, 15) is 4.79 Å². The molecule has 0 aliphatic rings. The zero-order valence-electron chi connectivity index (χ0n) is 10.1. The third kappa shape index (κ3) is 2.20. The Balaban J connectivity index is 2.37. The number of ketones is 1. The fraction of sp³-hybridized carbons (Fsp3) is 0.231. The summed E-state index contributed by atoms with van der Waals surface area (Å²) in [6.45, 7) is 1.94. The molecule has 0 aliphatic heterocycles. The maximum Gasteiger partial charge on any atom is 0.196 e. The number of aryl methyl sites for hydroxylation is 2. The van der Waals surface area contributed by atoms with Gasteiger partial charge in [-0.2, -0.15) is 5.10 Å². The van der Waals surface area contributed by atoms with Crippen molar-refractivity contribution in [1.82, 2.24) is 9.78 Å². The molecule has 17 heavy (non-hydrogen) atoms. The van der Waals surface area contributed by atoms with Crippen molar-refractivity contribution in [2.75, 3.05) is 7.11 Å². The lowest BCUT2D eigenvalue weighted by molar-refractivity contribution is 0.103. The third-order valence-corrected chi connectivity index (χ3v) is 2.64. The molecule has 0 atom stereocenters. The normalized spacial score (nSPS) is 10.3. The van der Waals surface area contributed by atoms with Crippen LogP contribution in [-0.4, -0.2) is 22.7 Å². The number of carbonyl (C=O) groups is 1. The lowest BCUT2D eigenvalue weighted by atomic mass is 10.0. The predicted molar refractivity (Wildman–Crippen MR) is 64.4 cm³/mol. The molecule has 0 aliphatic carbocycles. The standard InChI is InChI=1S/C13H14N2O2/c1-9-4-5-10(6-12(9)17-3)13(16)11-7-14-15(2)8-11/h4-8H,1-3H3. The molecule has 1 aromatic carbocycles. The van der Waals surface area contributed by atoms with Crippen LogP contribution in [0.4, 0.5) is 0 Å². The Morgan fingerprint density at radius 2 is 2.12 bits per heavy atom. The van der Waals surface area contributed by atoms with Crippen molar-refractivity contribution in [3.05, 3.63) is 47.3 Å². The lowest BCUT2D eigenvalue weighted by Crippen LogP contribution is -2.01. The summed E-state index contributed by atoms with van der Waals surface area (Å²) < 4.78 is 6.81. The highest BCUT2D eigenvalue weighted by Gasteiger charge is 2.12. The fourth-order valence-electron chi connectivity index (χ4n) is 1.67. The molecule has 0 saturated carbocycles. The van der Waals surface area contributed by atoms with Gasteiger partial charge in [-0.15, -0.1) is 0 Å². The van der Waals surface area contributed by atoms with E-state index in [1.165, 1.54) is 0 Å². The zero-order valence-corrected chi connectivity index (χ0v) is 10.1. The molecular weight excluding hydrogens is 216 g/mol. The van der Waals surface area contributed by atoms with E-state index in [1.807, 2.05) is 13.0 Å². The van der Waals surface area contributed by atoms with Crippen molar-refractivity contribution in [2.24, 2.45) is 7.05 Å². The average molecular weight is 230 g/mol. The number of aromatic nitrogens is 2. The molecule has 1 aromatic heterocycles. The van der Waals surface area contributed by atoms with Crippen LogP contribution in [0.25, 0.3) is 0 Å². The van der Waals surface area contributed by atoms with Gasteiger partial charge in [0.15, 0.2) is 5.78 Å². The number of rotatable bonds is 3. The van der Waals surface area contributed by atoms with Crippen LogP contribution >= 0.6 is 0 Å². The minimum atomic E-state index is -0.0450. The van der Waals surface area contributed by atoms with Crippen molar-refractivity contribution < 1.29 is 9.53 Å². The van der Waals surface area contributed by atoms with Gasteiger partial charge in [0.05, 0.1) is 18.9 Å². The number of methoxy groups -OCH3 is 1. The van der Waals surface area contributed by atoms with E-state index in [1.54, 1.807) is 43.4 Å². The molecule has 0 saturated heterocycles. The highest BCUT2D eigenvalue weighted by Crippen LogP contribution is 2.20. The summed E-state index contributed by atoms with van der Waals surface area (Å²) in [7, 11) is 3.38. The van der Waals surface area contributed by atoms with Crippen LogP contribution in [-0.2, 0) is 7.05 Å². The van der Waals surface area contributed by atoms with E-state index in [-0.39, 0.29) is 5.78 Å². The largest absolute Gasteiger partial charge is 0.496 e. The van der Waals surface area contributed by atoms with Gasteiger partial charge >= 0.3 is 0 Å². The predicted octanol–water partition coefficient (Wildman–Crippen LogP) is 1.97. The highest BCUT2D eigenvalue weighted by molar-refractivity contribution is 6.08. The molecule has 0 unspecified atom stereocenters. The first-order valence-corrected chi connectivity index (χ1v) is 5.30. The van der Waals surface area contributed by atoms with E-state index >= 15 is 0 Å². The molecule has 0 spiro atoms. The van der Waals surface area contributed by atoms with Gasteiger partial charge in [-0.3, -0.25) is 9.48 Å². The van der Waals surface area contributed by atoms with Crippen molar-refractivity contribution in [3.63, 3.8) is 0 Å². The second kappa shape index (κ2) is 4.41. The molecule has 0 radical (unpaired) electrons. The first-order chi connectivity index (χ1) is 8.11. The van der Waals surface area contributed by atoms with Crippen molar-refractivity contribution in [2.45, 2.75) is 6.92 Å². The molecule has 4 nitrogen and oxygen atoms in total. The summed E-state index contributed by atoms with van der Waals surface area (Å²) in [6, 6.07) is 5.43. The van der Waals surface area contributed by atoms with Crippen LogP contribution in [0.15, 0.2) is 30.6 Å². The number of hydrogen-bond donors (Lipinski definition) is 0. The monoisotopic (exact) mass is 230 g/mol. The maximum absolute atomic E-state index is 12.1. The summed E-state index contributed by atoms with van der Waals surface area (Å²) in [5, 5.41) is 3.99. The zero-order chi connectivity index (χ0) is 12.4. The van der Waals surface area contributed by atoms with E-state index < -0.39 is 0 Å². The topological polar surface area (TPSA) is 44.1 Å². The fourth-order valence-corrected chi connectivity index (χ4v) is 1.67. The average Bonchev–Trinajstić information content (AvgIpc) is 2.75. The Kier molecular flexibility index (Phi) is 2.95. The number of ether oxygens (including phenoxy) is 1. The van der Waals surface area contributed by atoms with E-state index in [2.05, 4.69) is 5.10 Å². The molecule has 0 fully saturated rings. The van der Waals surface area contributed by atoms with Crippen LogP contribution in [0.5, 0.6) is 5.75 Å². The second-order valence-electron chi connectivity index (χ2n) is 3.92. The summed E-state index contributed by atoms with van der Waals surface area (Å²) in [5.41, 5.74) is 2.20. The van der Waals surface area contributed by atoms with E-state index in [0.29, 0.717) is 11.1 Å². The van der Waals surface area contributed by atoms with Gasteiger partial charge in [-0.05, 0) is 18.6 Å². The summed E-state index contributed by atoms with van der Waals surface area (Å²) in [4.78, 5) is 12.1. The number of nitrogens with zero attached hydrogens (tertiary/aromatic N) is 2. The molecule has 1 heterocycles. The van der Waals surface area contributed by atoms with Crippen molar-refractivity contribution in [1.29, 1.82) is 0 Å². The highest BCUT2D eigenvalue weighted by atomic mass is 16.5. The second-order valence-corrected chi connectivity index (χ2v) is 3.92. The minimum absolute atomic E-state index is 0.0450. The van der Waals surface area contributed by atoms with Gasteiger partial charge in [0, 0.05) is 18.8 Å². The van der Waals surface area contributed by atoms with Gasteiger partial charge in [0.2, 0.25) is 0 Å². The molecule has 88 valence electrons. The first kappa shape index (κ1) is 11.4. The first-order valence-electron chi connectivity index (χ1n) is 5.30. The molecule has 0 bridgehead atoms. The van der Waals surface area contributed by atoms with Gasteiger partial charge in [0.25, 0.3) is 0 Å². The Morgan fingerprint density at radius 1 is 1.35 bits per heavy atom. The molecule has 4 heteroatoms.